The lowest BCUT2D eigenvalue weighted by molar-refractivity contribution is -0.122. The Kier molecular flexibility index (Phi) is 6.42. The van der Waals surface area contributed by atoms with Crippen molar-refractivity contribution in [1.82, 2.24) is 0 Å². The van der Waals surface area contributed by atoms with Crippen LogP contribution in [0, 0.1) is 20.8 Å². The Bertz CT molecular complexity index is 970. The van der Waals surface area contributed by atoms with Gasteiger partial charge in [0, 0.05) is 9.79 Å². The number of carbonyl (C=O) groups excluding carboxylic acids is 1. The first-order valence-corrected chi connectivity index (χ1v) is 10.1. The van der Waals surface area contributed by atoms with E-state index in [-0.39, 0.29) is 5.91 Å². The molecule has 28 heavy (non-hydrogen) atoms. The first kappa shape index (κ1) is 20.0. The summed E-state index contributed by atoms with van der Waals surface area (Å²) in [6, 6.07) is 22.0. The molecular formula is C24H25NO2S. The lowest BCUT2D eigenvalue weighted by Crippen LogP contribution is -2.30. The number of amides is 1. The van der Waals surface area contributed by atoms with Gasteiger partial charge in [0.05, 0.1) is 5.69 Å². The van der Waals surface area contributed by atoms with Gasteiger partial charge in [0.2, 0.25) is 0 Å². The highest BCUT2D eigenvalue weighted by molar-refractivity contribution is 7.99. The van der Waals surface area contributed by atoms with Gasteiger partial charge in [-0.1, -0.05) is 48.2 Å². The summed E-state index contributed by atoms with van der Waals surface area (Å²) >= 11 is 1.62. The van der Waals surface area contributed by atoms with Crippen LogP contribution in [0.2, 0.25) is 0 Å². The molecule has 0 spiro atoms. The Morgan fingerprint density at radius 3 is 2.39 bits per heavy atom. The number of aryl methyl sites for hydroxylation is 2. The highest BCUT2D eigenvalue weighted by Gasteiger charge is 2.18. The topological polar surface area (TPSA) is 38.3 Å². The quantitative estimate of drug-likeness (QED) is 0.546. The highest BCUT2D eigenvalue weighted by atomic mass is 32.2. The van der Waals surface area contributed by atoms with Crippen LogP contribution in [-0.4, -0.2) is 12.0 Å². The minimum atomic E-state index is -0.602. The third-order valence-electron chi connectivity index (χ3n) is 4.55. The molecule has 0 bridgehead atoms. The van der Waals surface area contributed by atoms with E-state index in [1.54, 1.807) is 18.7 Å². The summed E-state index contributed by atoms with van der Waals surface area (Å²) in [6.07, 6.45) is -0.602. The second-order valence-electron chi connectivity index (χ2n) is 6.87. The zero-order valence-electron chi connectivity index (χ0n) is 16.7. The van der Waals surface area contributed by atoms with Gasteiger partial charge in [0.15, 0.2) is 6.10 Å². The molecule has 0 radical (unpaired) electrons. The van der Waals surface area contributed by atoms with Crippen molar-refractivity contribution in [3.8, 4) is 5.75 Å². The molecule has 3 aromatic rings. The van der Waals surface area contributed by atoms with Crippen molar-refractivity contribution in [2.45, 2.75) is 43.6 Å². The number of para-hydroxylation sites is 1. The lowest BCUT2D eigenvalue weighted by atomic mass is 10.1. The minimum Gasteiger partial charge on any atom is -0.481 e. The number of hydrogen-bond acceptors (Lipinski definition) is 3. The predicted octanol–water partition coefficient (Wildman–Crippen LogP) is 6.17. The van der Waals surface area contributed by atoms with E-state index in [2.05, 4.69) is 30.4 Å². The molecule has 3 nitrogen and oxygen atoms in total. The summed E-state index contributed by atoms with van der Waals surface area (Å²) in [5, 5.41) is 3.01. The monoisotopic (exact) mass is 391 g/mol. The van der Waals surface area contributed by atoms with E-state index in [4.69, 9.17) is 4.74 Å². The average Bonchev–Trinajstić information content (AvgIpc) is 2.68. The summed E-state index contributed by atoms with van der Waals surface area (Å²) in [6.45, 7) is 7.87. The number of hydrogen-bond donors (Lipinski definition) is 1. The summed E-state index contributed by atoms with van der Waals surface area (Å²) in [5.41, 5.74) is 4.13. The Hall–Kier alpha value is -2.72. The van der Waals surface area contributed by atoms with Crippen molar-refractivity contribution in [2.75, 3.05) is 5.32 Å². The number of ether oxygens (including phenoxy) is 1. The van der Waals surface area contributed by atoms with E-state index in [9.17, 15) is 4.79 Å². The fourth-order valence-electron chi connectivity index (χ4n) is 2.88. The van der Waals surface area contributed by atoms with Gasteiger partial charge in [-0.2, -0.15) is 0 Å². The summed E-state index contributed by atoms with van der Waals surface area (Å²) in [7, 11) is 0. The molecule has 0 saturated heterocycles. The number of anilines is 1. The third kappa shape index (κ3) is 4.96. The second-order valence-corrected chi connectivity index (χ2v) is 7.98. The molecule has 0 aromatic heterocycles. The fraction of sp³-hybridized carbons (Fsp3) is 0.208. The SMILES string of the molecule is Cc1cc(C)c(C)c(OC(C)C(=O)Nc2ccccc2Sc2ccccc2)c1. The van der Waals surface area contributed by atoms with Crippen LogP contribution in [0.5, 0.6) is 5.75 Å². The van der Waals surface area contributed by atoms with Crippen molar-refractivity contribution >= 4 is 23.4 Å². The van der Waals surface area contributed by atoms with Crippen LogP contribution >= 0.6 is 11.8 Å². The predicted molar refractivity (Wildman–Crippen MR) is 116 cm³/mol. The first-order valence-electron chi connectivity index (χ1n) is 9.31. The van der Waals surface area contributed by atoms with Gasteiger partial charge in [-0.15, -0.1) is 0 Å². The van der Waals surface area contributed by atoms with Crippen molar-refractivity contribution < 1.29 is 9.53 Å². The van der Waals surface area contributed by atoms with Gasteiger partial charge < -0.3 is 10.1 Å². The van der Waals surface area contributed by atoms with E-state index in [1.165, 1.54) is 0 Å². The number of benzene rings is 3. The minimum absolute atomic E-state index is 0.167. The van der Waals surface area contributed by atoms with Crippen LogP contribution in [0.3, 0.4) is 0 Å². The standard InChI is InChI=1S/C24H25NO2S/c1-16-14-17(2)18(3)22(15-16)27-19(4)24(26)25-21-12-8-9-13-23(21)28-20-10-6-5-7-11-20/h5-15,19H,1-4H3,(H,25,26). The molecule has 3 aromatic carbocycles. The molecule has 0 aliphatic rings. The maximum absolute atomic E-state index is 12.8. The fourth-order valence-corrected chi connectivity index (χ4v) is 3.80. The third-order valence-corrected chi connectivity index (χ3v) is 5.64. The van der Waals surface area contributed by atoms with Gasteiger partial charge in [0.1, 0.15) is 5.75 Å². The molecular weight excluding hydrogens is 366 g/mol. The van der Waals surface area contributed by atoms with Gasteiger partial charge in [-0.3, -0.25) is 4.79 Å². The van der Waals surface area contributed by atoms with Gasteiger partial charge in [-0.05, 0) is 74.7 Å². The van der Waals surface area contributed by atoms with Crippen LogP contribution in [0.1, 0.15) is 23.6 Å². The van der Waals surface area contributed by atoms with E-state index in [1.807, 2.05) is 62.4 Å². The molecule has 0 aliphatic heterocycles. The largest absolute Gasteiger partial charge is 0.481 e. The molecule has 1 unspecified atom stereocenters. The zero-order valence-corrected chi connectivity index (χ0v) is 17.5. The Balaban J connectivity index is 1.73. The summed E-state index contributed by atoms with van der Waals surface area (Å²) in [5.74, 6) is 0.590. The van der Waals surface area contributed by atoms with Crippen molar-refractivity contribution in [3.05, 3.63) is 83.4 Å². The lowest BCUT2D eigenvalue weighted by Gasteiger charge is -2.19. The molecule has 4 heteroatoms. The molecule has 0 aliphatic carbocycles. The van der Waals surface area contributed by atoms with E-state index < -0.39 is 6.10 Å². The van der Waals surface area contributed by atoms with E-state index >= 15 is 0 Å². The highest BCUT2D eigenvalue weighted by Crippen LogP contribution is 2.33. The van der Waals surface area contributed by atoms with Crippen molar-refractivity contribution in [3.63, 3.8) is 0 Å². The Labute approximate surface area is 171 Å². The van der Waals surface area contributed by atoms with Crippen LogP contribution in [0.15, 0.2) is 76.5 Å². The van der Waals surface area contributed by atoms with Crippen LogP contribution in [0.4, 0.5) is 5.69 Å². The van der Waals surface area contributed by atoms with E-state index in [0.29, 0.717) is 0 Å². The Morgan fingerprint density at radius 1 is 0.964 bits per heavy atom. The average molecular weight is 392 g/mol. The second kappa shape index (κ2) is 8.98. The van der Waals surface area contributed by atoms with Gasteiger partial charge in [-0.25, -0.2) is 0 Å². The molecule has 3 rings (SSSR count). The molecule has 144 valence electrons. The maximum atomic E-state index is 12.8. The van der Waals surface area contributed by atoms with E-state index in [0.717, 1.165) is 37.9 Å². The van der Waals surface area contributed by atoms with Crippen LogP contribution < -0.4 is 10.1 Å². The van der Waals surface area contributed by atoms with Gasteiger partial charge in [0.25, 0.3) is 5.91 Å². The van der Waals surface area contributed by atoms with Crippen molar-refractivity contribution in [2.24, 2.45) is 0 Å². The van der Waals surface area contributed by atoms with Crippen LogP contribution in [-0.2, 0) is 4.79 Å². The molecule has 1 atom stereocenters. The number of carbonyl (C=O) groups is 1. The zero-order chi connectivity index (χ0) is 20.1. The Morgan fingerprint density at radius 2 is 1.64 bits per heavy atom. The molecule has 0 heterocycles. The maximum Gasteiger partial charge on any atom is 0.265 e. The molecule has 1 amide bonds. The number of nitrogens with one attached hydrogen (secondary N) is 1. The summed E-state index contributed by atoms with van der Waals surface area (Å²) < 4.78 is 5.98. The van der Waals surface area contributed by atoms with Gasteiger partial charge >= 0.3 is 0 Å². The smallest absolute Gasteiger partial charge is 0.265 e. The van der Waals surface area contributed by atoms with Crippen molar-refractivity contribution in [1.29, 1.82) is 0 Å². The van der Waals surface area contributed by atoms with Crippen LogP contribution in [0.25, 0.3) is 0 Å². The summed E-state index contributed by atoms with van der Waals surface area (Å²) in [4.78, 5) is 14.9. The first-order chi connectivity index (χ1) is 13.4. The molecule has 0 saturated carbocycles. The number of rotatable bonds is 6. The molecule has 1 N–H and O–H groups in total. The molecule has 0 fully saturated rings. The normalized spacial score (nSPS) is 11.7.